The van der Waals surface area contributed by atoms with Crippen LogP contribution in [0, 0.1) is 0 Å². The van der Waals surface area contributed by atoms with Gasteiger partial charge in [-0.3, -0.25) is 0 Å². The summed E-state index contributed by atoms with van der Waals surface area (Å²) in [4.78, 5) is 18.9. The summed E-state index contributed by atoms with van der Waals surface area (Å²) < 4.78 is 0. The van der Waals surface area contributed by atoms with Crippen molar-refractivity contribution in [2.24, 2.45) is 0 Å². The van der Waals surface area contributed by atoms with E-state index in [1.807, 2.05) is 121 Å². The molecule has 8 nitrogen and oxygen atoms in total. The number of hydrogen-bond donors (Lipinski definition) is 4. The van der Waals surface area contributed by atoms with Gasteiger partial charge in [0.1, 0.15) is 23.0 Å². The molecule has 0 saturated carbocycles. The number of hydrogen-bond acceptors (Lipinski definition) is 8. The molecule has 0 amide bonds. The summed E-state index contributed by atoms with van der Waals surface area (Å²) in [5.74, 6) is 0.895. The maximum atomic E-state index is 10.4. The van der Waals surface area contributed by atoms with Crippen molar-refractivity contribution in [3.63, 3.8) is 0 Å². The lowest BCUT2D eigenvalue weighted by Crippen LogP contribution is -1.93. The molecule has 60 heavy (non-hydrogen) atoms. The lowest BCUT2D eigenvalue weighted by Gasteiger charge is -2.10. The number of pyridine rings is 4. The van der Waals surface area contributed by atoms with Gasteiger partial charge >= 0.3 is 0 Å². The zero-order chi connectivity index (χ0) is 42.2. The van der Waals surface area contributed by atoms with Gasteiger partial charge in [0.15, 0.2) is 0 Å². The van der Waals surface area contributed by atoms with Gasteiger partial charge in [0.05, 0.1) is 45.6 Å². The van der Waals surface area contributed by atoms with Crippen LogP contribution in [0.1, 0.15) is 49.9 Å². The van der Waals surface area contributed by atoms with Gasteiger partial charge in [0, 0.05) is 22.3 Å². The Balaban J connectivity index is 0.000000181. The van der Waals surface area contributed by atoms with Gasteiger partial charge in [0.2, 0.25) is 0 Å². The number of phenols is 4. The Morgan fingerprint density at radius 2 is 0.483 bits per heavy atom. The first-order chi connectivity index (χ1) is 29.2. The van der Waals surface area contributed by atoms with Crippen LogP contribution in [0.4, 0.5) is 0 Å². The number of rotatable bonds is 10. The molecule has 4 heterocycles. The zero-order valence-corrected chi connectivity index (χ0v) is 34.3. The van der Waals surface area contributed by atoms with Crippen molar-refractivity contribution in [2.45, 2.75) is 53.4 Å². The fraction of sp³-hybridized carbons (Fsp3) is 0.154. The van der Waals surface area contributed by atoms with Crippen LogP contribution in [0.3, 0.4) is 0 Å². The van der Waals surface area contributed by atoms with Gasteiger partial charge in [-0.25, -0.2) is 19.9 Å². The van der Waals surface area contributed by atoms with Gasteiger partial charge in [-0.15, -0.1) is 0 Å². The maximum absolute atomic E-state index is 10.4. The van der Waals surface area contributed by atoms with Crippen LogP contribution in [0.15, 0.2) is 146 Å². The largest absolute Gasteiger partial charge is 0.507 e. The van der Waals surface area contributed by atoms with Gasteiger partial charge < -0.3 is 20.4 Å². The van der Waals surface area contributed by atoms with Crippen molar-refractivity contribution in [1.29, 1.82) is 0 Å². The first-order valence-corrected chi connectivity index (χ1v) is 20.4. The fourth-order valence-electron chi connectivity index (χ4n) is 6.96. The van der Waals surface area contributed by atoms with Gasteiger partial charge in [-0.1, -0.05) is 76.2 Å². The highest BCUT2D eigenvalue weighted by Crippen LogP contribution is 2.35. The number of aromatic nitrogens is 4. The number of phenolic OH excluding ortho intramolecular Hbond substituents is 4. The predicted octanol–water partition coefficient (Wildman–Crippen LogP) is 12.0. The number of benzene rings is 4. The molecular formula is C52H48N4O4. The first kappa shape index (κ1) is 40.9. The Hall–Kier alpha value is -7.32. The molecule has 0 saturated heterocycles. The van der Waals surface area contributed by atoms with E-state index in [0.717, 1.165) is 47.9 Å². The molecule has 8 aromatic rings. The number of nitrogens with zero attached hydrogens (tertiary/aromatic N) is 4. The summed E-state index contributed by atoms with van der Waals surface area (Å²) >= 11 is 0. The standard InChI is InChI=1S/2C26H24N2O2/c2*1-3-17-11-13-19(25(29)15-17)21-7-5-9-23(27-21)24-10-6-8-22(28-24)20-14-12-18(4-2)16-26(20)30/h2*5-16,29-30H,3-4H2,1-2H3. The monoisotopic (exact) mass is 792 g/mol. The Kier molecular flexibility index (Phi) is 12.6. The normalized spacial score (nSPS) is 10.9. The molecule has 4 N–H and O–H groups in total. The Labute approximate surface area is 351 Å². The molecule has 0 radical (unpaired) electrons. The molecule has 4 aromatic heterocycles. The van der Waals surface area contributed by atoms with Crippen LogP contribution in [0.5, 0.6) is 23.0 Å². The van der Waals surface area contributed by atoms with Crippen LogP contribution in [-0.4, -0.2) is 40.4 Å². The summed E-state index contributed by atoms with van der Waals surface area (Å²) in [7, 11) is 0. The Morgan fingerprint density at radius 3 is 0.667 bits per heavy atom. The number of aryl methyl sites for hydroxylation is 4. The quantitative estimate of drug-likeness (QED) is 0.108. The lowest BCUT2D eigenvalue weighted by molar-refractivity contribution is 0.476. The van der Waals surface area contributed by atoms with Crippen LogP contribution in [0.2, 0.25) is 0 Å². The molecule has 0 aliphatic heterocycles. The zero-order valence-electron chi connectivity index (χ0n) is 34.3. The predicted molar refractivity (Wildman–Crippen MR) is 241 cm³/mol. The molecule has 0 bridgehead atoms. The fourth-order valence-corrected chi connectivity index (χ4v) is 6.96. The van der Waals surface area contributed by atoms with E-state index in [1.165, 1.54) is 0 Å². The van der Waals surface area contributed by atoms with Crippen molar-refractivity contribution in [2.75, 3.05) is 0 Å². The van der Waals surface area contributed by atoms with E-state index in [9.17, 15) is 20.4 Å². The van der Waals surface area contributed by atoms with E-state index in [4.69, 9.17) is 19.9 Å². The van der Waals surface area contributed by atoms with E-state index in [-0.39, 0.29) is 23.0 Å². The highest BCUT2D eigenvalue weighted by molar-refractivity contribution is 5.74. The average molecular weight is 793 g/mol. The van der Waals surface area contributed by atoms with Gasteiger partial charge in [-0.05, 0) is 145 Å². The lowest BCUT2D eigenvalue weighted by atomic mass is 10.0. The SMILES string of the molecule is CCc1ccc(-c2cccc(-c3cccc(-c4ccc(CC)cc4O)n3)n2)c(O)c1.CCc1ccc(-c2cccc(-c3cccc(-c4ccc(CC)cc4O)n3)n2)c(O)c1. The van der Waals surface area contributed by atoms with E-state index in [1.54, 1.807) is 24.3 Å². The van der Waals surface area contributed by atoms with Crippen LogP contribution in [-0.2, 0) is 25.7 Å². The second-order valence-corrected chi connectivity index (χ2v) is 14.5. The van der Waals surface area contributed by atoms with Crippen molar-refractivity contribution in [1.82, 2.24) is 19.9 Å². The van der Waals surface area contributed by atoms with Crippen molar-refractivity contribution in [3.8, 4) is 90.8 Å². The molecule has 4 aromatic carbocycles. The third-order valence-electron chi connectivity index (χ3n) is 10.5. The molecule has 0 unspecified atom stereocenters. The van der Waals surface area contributed by atoms with Crippen LogP contribution in [0.25, 0.3) is 67.8 Å². The van der Waals surface area contributed by atoms with E-state index < -0.39 is 0 Å². The molecular weight excluding hydrogens is 745 g/mol. The molecule has 0 atom stereocenters. The molecule has 0 aliphatic carbocycles. The van der Waals surface area contributed by atoms with Crippen LogP contribution >= 0.6 is 0 Å². The molecule has 8 rings (SSSR count). The van der Waals surface area contributed by atoms with Crippen molar-refractivity contribution >= 4 is 0 Å². The summed E-state index contributed by atoms with van der Waals surface area (Å²) in [5.41, 5.74) is 12.7. The highest BCUT2D eigenvalue weighted by atomic mass is 16.3. The minimum Gasteiger partial charge on any atom is -0.507 e. The second kappa shape index (κ2) is 18.5. The van der Waals surface area contributed by atoms with Crippen molar-refractivity contribution in [3.05, 3.63) is 168 Å². The summed E-state index contributed by atoms with van der Waals surface area (Å²) in [6, 6.07) is 45.5. The summed E-state index contributed by atoms with van der Waals surface area (Å²) in [6.45, 7) is 8.22. The van der Waals surface area contributed by atoms with E-state index in [0.29, 0.717) is 67.8 Å². The van der Waals surface area contributed by atoms with E-state index >= 15 is 0 Å². The molecule has 0 spiro atoms. The molecule has 0 fully saturated rings. The summed E-state index contributed by atoms with van der Waals surface area (Å²) in [6.07, 6.45) is 3.46. The Bertz CT molecular complexity index is 2400. The average Bonchev–Trinajstić information content (AvgIpc) is 3.29. The third-order valence-corrected chi connectivity index (χ3v) is 10.5. The van der Waals surface area contributed by atoms with Crippen LogP contribution < -0.4 is 0 Å². The molecule has 8 heteroatoms. The van der Waals surface area contributed by atoms with E-state index in [2.05, 4.69) is 27.7 Å². The summed E-state index contributed by atoms with van der Waals surface area (Å²) in [5, 5.41) is 41.7. The minimum absolute atomic E-state index is 0.224. The number of aromatic hydroxyl groups is 4. The van der Waals surface area contributed by atoms with Crippen molar-refractivity contribution < 1.29 is 20.4 Å². The van der Waals surface area contributed by atoms with Gasteiger partial charge in [-0.2, -0.15) is 0 Å². The highest BCUT2D eigenvalue weighted by Gasteiger charge is 2.14. The first-order valence-electron chi connectivity index (χ1n) is 20.4. The smallest absolute Gasteiger partial charge is 0.125 e. The maximum Gasteiger partial charge on any atom is 0.125 e. The molecule has 0 aliphatic rings. The van der Waals surface area contributed by atoms with Gasteiger partial charge in [0.25, 0.3) is 0 Å². The molecule has 300 valence electrons. The Morgan fingerprint density at radius 1 is 0.283 bits per heavy atom. The third kappa shape index (κ3) is 9.19. The minimum atomic E-state index is 0.224. The second-order valence-electron chi connectivity index (χ2n) is 14.5. The topological polar surface area (TPSA) is 132 Å².